The summed E-state index contributed by atoms with van der Waals surface area (Å²) in [5.41, 5.74) is 6.42. The highest BCUT2D eigenvalue weighted by Gasteiger charge is 2.13. The van der Waals surface area contributed by atoms with Gasteiger partial charge in [0.2, 0.25) is 0 Å². The first-order chi connectivity index (χ1) is 7.34. The van der Waals surface area contributed by atoms with Gasteiger partial charge in [0.1, 0.15) is 6.79 Å². The maximum Gasteiger partial charge on any atom is 0.147 e. The molecule has 1 aromatic rings. The Morgan fingerprint density at radius 2 is 2.13 bits per heavy atom. The minimum atomic E-state index is 0.321. The summed E-state index contributed by atoms with van der Waals surface area (Å²) in [7, 11) is 0. The lowest BCUT2D eigenvalue weighted by atomic mass is 10.3. The maximum absolute atomic E-state index is 5.62. The molecule has 15 heavy (non-hydrogen) atoms. The predicted molar refractivity (Wildman–Crippen MR) is 61.9 cm³/mol. The van der Waals surface area contributed by atoms with Gasteiger partial charge in [0, 0.05) is 16.3 Å². The SMILES string of the molecule is Nc1ccc(SCC2CCOCO2)cc1. The quantitative estimate of drug-likeness (QED) is 0.632. The molecule has 1 unspecified atom stereocenters. The number of nitrogens with two attached hydrogens (primary N) is 1. The Morgan fingerprint density at radius 3 is 2.80 bits per heavy atom. The van der Waals surface area contributed by atoms with Crippen LogP contribution in [0.3, 0.4) is 0 Å². The van der Waals surface area contributed by atoms with E-state index in [0.29, 0.717) is 12.9 Å². The highest BCUT2D eigenvalue weighted by Crippen LogP contribution is 2.22. The zero-order chi connectivity index (χ0) is 10.5. The third-order valence-electron chi connectivity index (χ3n) is 2.29. The number of thioether (sulfide) groups is 1. The van der Waals surface area contributed by atoms with E-state index in [1.54, 1.807) is 11.8 Å². The number of rotatable bonds is 3. The molecule has 1 aromatic carbocycles. The number of hydrogen-bond donors (Lipinski definition) is 1. The fourth-order valence-electron chi connectivity index (χ4n) is 1.39. The van der Waals surface area contributed by atoms with Gasteiger partial charge in [0.25, 0.3) is 0 Å². The molecule has 0 radical (unpaired) electrons. The van der Waals surface area contributed by atoms with Gasteiger partial charge < -0.3 is 15.2 Å². The van der Waals surface area contributed by atoms with Crippen molar-refractivity contribution in [2.75, 3.05) is 24.9 Å². The number of benzene rings is 1. The average Bonchev–Trinajstić information content (AvgIpc) is 2.30. The van der Waals surface area contributed by atoms with E-state index in [1.807, 2.05) is 24.3 Å². The summed E-state index contributed by atoms with van der Waals surface area (Å²) in [4.78, 5) is 1.24. The van der Waals surface area contributed by atoms with Crippen LogP contribution in [-0.2, 0) is 9.47 Å². The monoisotopic (exact) mass is 225 g/mol. The summed E-state index contributed by atoms with van der Waals surface area (Å²) < 4.78 is 10.6. The lowest BCUT2D eigenvalue weighted by Gasteiger charge is -2.22. The Kier molecular flexibility index (Phi) is 3.88. The fourth-order valence-corrected chi connectivity index (χ4v) is 2.36. The van der Waals surface area contributed by atoms with Crippen LogP contribution in [0.4, 0.5) is 5.69 Å². The van der Waals surface area contributed by atoms with Crippen molar-refractivity contribution in [3.8, 4) is 0 Å². The Balaban J connectivity index is 1.79. The van der Waals surface area contributed by atoms with Crippen LogP contribution < -0.4 is 5.73 Å². The van der Waals surface area contributed by atoms with Gasteiger partial charge in [-0.25, -0.2) is 0 Å². The molecule has 4 heteroatoms. The smallest absolute Gasteiger partial charge is 0.147 e. The molecule has 1 aliphatic rings. The van der Waals surface area contributed by atoms with E-state index in [4.69, 9.17) is 15.2 Å². The van der Waals surface area contributed by atoms with E-state index >= 15 is 0 Å². The van der Waals surface area contributed by atoms with Crippen LogP contribution >= 0.6 is 11.8 Å². The molecule has 82 valence electrons. The molecular formula is C11H15NO2S. The Morgan fingerprint density at radius 1 is 1.33 bits per heavy atom. The van der Waals surface area contributed by atoms with Crippen LogP contribution in [0.1, 0.15) is 6.42 Å². The predicted octanol–water partition coefficient (Wildman–Crippen LogP) is 2.12. The van der Waals surface area contributed by atoms with Crippen molar-refractivity contribution in [1.29, 1.82) is 0 Å². The highest BCUT2D eigenvalue weighted by atomic mass is 32.2. The van der Waals surface area contributed by atoms with Crippen LogP contribution in [0, 0.1) is 0 Å². The standard InChI is InChI=1S/C11H15NO2S/c12-9-1-3-11(4-2-9)15-7-10-5-6-13-8-14-10/h1-4,10H,5-8,12H2. The zero-order valence-electron chi connectivity index (χ0n) is 8.52. The van der Waals surface area contributed by atoms with Gasteiger partial charge in [0.15, 0.2) is 0 Å². The lowest BCUT2D eigenvalue weighted by Crippen LogP contribution is -2.25. The Hall–Kier alpha value is -0.710. The van der Waals surface area contributed by atoms with Gasteiger partial charge in [0.05, 0.1) is 12.7 Å². The highest BCUT2D eigenvalue weighted by molar-refractivity contribution is 7.99. The van der Waals surface area contributed by atoms with E-state index in [2.05, 4.69) is 0 Å². The van der Waals surface area contributed by atoms with Crippen LogP contribution in [0.25, 0.3) is 0 Å². The second kappa shape index (κ2) is 5.39. The summed E-state index contributed by atoms with van der Waals surface area (Å²) in [5, 5.41) is 0. The Labute approximate surface area is 93.9 Å². The molecule has 0 saturated carbocycles. The molecule has 1 aliphatic heterocycles. The summed E-state index contributed by atoms with van der Waals surface area (Å²) >= 11 is 1.80. The molecule has 1 saturated heterocycles. The van der Waals surface area contributed by atoms with Crippen LogP contribution in [0.15, 0.2) is 29.2 Å². The summed E-state index contributed by atoms with van der Waals surface area (Å²) in [6.45, 7) is 1.25. The molecule has 1 fully saturated rings. The second-order valence-electron chi connectivity index (χ2n) is 3.48. The van der Waals surface area contributed by atoms with Crippen molar-refractivity contribution < 1.29 is 9.47 Å². The minimum Gasteiger partial charge on any atom is -0.399 e. The maximum atomic E-state index is 5.62. The van der Waals surface area contributed by atoms with Gasteiger partial charge in [-0.2, -0.15) is 0 Å². The van der Waals surface area contributed by atoms with E-state index < -0.39 is 0 Å². The van der Waals surface area contributed by atoms with Gasteiger partial charge in [-0.15, -0.1) is 11.8 Å². The summed E-state index contributed by atoms with van der Waals surface area (Å²) in [5.74, 6) is 0.979. The molecule has 2 rings (SSSR count). The summed E-state index contributed by atoms with van der Waals surface area (Å²) in [6, 6.07) is 7.93. The molecule has 0 aromatic heterocycles. The van der Waals surface area contributed by atoms with E-state index in [9.17, 15) is 0 Å². The molecule has 0 bridgehead atoms. The van der Waals surface area contributed by atoms with Crippen LogP contribution in [-0.4, -0.2) is 25.3 Å². The largest absolute Gasteiger partial charge is 0.399 e. The van der Waals surface area contributed by atoms with Crippen LogP contribution in [0.2, 0.25) is 0 Å². The van der Waals surface area contributed by atoms with Crippen molar-refractivity contribution >= 4 is 17.4 Å². The second-order valence-corrected chi connectivity index (χ2v) is 4.58. The van der Waals surface area contributed by atoms with Gasteiger partial charge in [-0.3, -0.25) is 0 Å². The van der Waals surface area contributed by atoms with E-state index in [0.717, 1.165) is 24.5 Å². The van der Waals surface area contributed by atoms with E-state index in [-0.39, 0.29) is 0 Å². The van der Waals surface area contributed by atoms with Gasteiger partial charge in [-0.05, 0) is 30.7 Å². The number of nitrogen functional groups attached to an aromatic ring is 1. The average molecular weight is 225 g/mol. The number of ether oxygens (including phenoxy) is 2. The molecule has 3 nitrogen and oxygen atoms in total. The molecule has 1 heterocycles. The molecule has 2 N–H and O–H groups in total. The molecular weight excluding hydrogens is 210 g/mol. The molecule has 0 aliphatic carbocycles. The normalized spacial score (nSPS) is 21.5. The zero-order valence-corrected chi connectivity index (χ0v) is 9.33. The molecule has 0 spiro atoms. The number of hydrogen-bond acceptors (Lipinski definition) is 4. The Bertz CT molecular complexity index is 296. The molecule has 0 amide bonds. The number of anilines is 1. The topological polar surface area (TPSA) is 44.5 Å². The van der Waals surface area contributed by atoms with Crippen molar-refractivity contribution in [2.24, 2.45) is 0 Å². The van der Waals surface area contributed by atoms with Crippen molar-refractivity contribution in [3.05, 3.63) is 24.3 Å². The molecule has 1 atom stereocenters. The van der Waals surface area contributed by atoms with Crippen LogP contribution in [0.5, 0.6) is 0 Å². The third-order valence-corrected chi connectivity index (χ3v) is 3.43. The first-order valence-corrected chi connectivity index (χ1v) is 6.01. The fraction of sp³-hybridized carbons (Fsp3) is 0.455. The van der Waals surface area contributed by atoms with Crippen molar-refractivity contribution in [2.45, 2.75) is 17.4 Å². The third kappa shape index (κ3) is 3.41. The first-order valence-electron chi connectivity index (χ1n) is 5.02. The van der Waals surface area contributed by atoms with Crippen molar-refractivity contribution in [3.63, 3.8) is 0 Å². The van der Waals surface area contributed by atoms with Gasteiger partial charge >= 0.3 is 0 Å². The van der Waals surface area contributed by atoms with Crippen molar-refractivity contribution in [1.82, 2.24) is 0 Å². The van der Waals surface area contributed by atoms with E-state index in [1.165, 1.54) is 4.90 Å². The first kappa shape index (κ1) is 10.8. The summed E-state index contributed by atoms with van der Waals surface area (Å²) in [6.07, 6.45) is 1.31. The minimum absolute atomic E-state index is 0.321. The van der Waals surface area contributed by atoms with Gasteiger partial charge in [-0.1, -0.05) is 0 Å². The lowest BCUT2D eigenvalue weighted by molar-refractivity contribution is -0.130.